The van der Waals surface area contributed by atoms with Crippen LogP contribution in [0, 0.1) is 6.92 Å². The van der Waals surface area contributed by atoms with Gasteiger partial charge in [0, 0.05) is 24.6 Å². The molecule has 0 radical (unpaired) electrons. The van der Waals surface area contributed by atoms with Gasteiger partial charge in [0.15, 0.2) is 0 Å². The Morgan fingerprint density at radius 3 is 2.80 bits per heavy atom. The van der Waals surface area contributed by atoms with E-state index < -0.39 is 0 Å². The Labute approximate surface area is 153 Å². The first-order valence-electron chi connectivity index (χ1n) is 8.89. The van der Waals surface area contributed by atoms with Gasteiger partial charge >= 0.3 is 0 Å². The predicted molar refractivity (Wildman–Crippen MR) is 102 cm³/mol. The van der Waals surface area contributed by atoms with Gasteiger partial charge in [0.05, 0.1) is 19.2 Å². The molecule has 5 heteroatoms. The molecule has 1 saturated heterocycles. The summed E-state index contributed by atoms with van der Waals surface area (Å²) >= 11 is 1.72. The van der Waals surface area contributed by atoms with Crippen LogP contribution in [0.5, 0.6) is 0 Å². The maximum absolute atomic E-state index is 12.8. The maximum atomic E-state index is 12.8. The number of thiophene rings is 1. The maximum Gasteiger partial charge on any atom is 0.237 e. The summed E-state index contributed by atoms with van der Waals surface area (Å²) in [6, 6.07) is 12.3. The minimum Gasteiger partial charge on any atom is -0.377 e. The lowest BCUT2D eigenvalue weighted by atomic mass is 10.2. The lowest BCUT2D eigenvalue weighted by Crippen LogP contribution is -2.39. The molecule has 134 valence electrons. The van der Waals surface area contributed by atoms with Crippen molar-refractivity contribution in [3.63, 3.8) is 0 Å². The van der Waals surface area contributed by atoms with Gasteiger partial charge in [-0.2, -0.15) is 0 Å². The Hall–Kier alpha value is -1.69. The van der Waals surface area contributed by atoms with Crippen molar-refractivity contribution >= 4 is 17.2 Å². The number of amides is 1. The number of benzene rings is 1. The largest absolute Gasteiger partial charge is 0.377 e. The van der Waals surface area contributed by atoms with Crippen molar-refractivity contribution in [2.75, 3.05) is 19.7 Å². The van der Waals surface area contributed by atoms with Gasteiger partial charge in [0.2, 0.25) is 5.91 Å². The van der Waals surface area contributed by atoms with Crippen LogP contribution in [0.4, 0.5) is 0 Å². The molecule has 1 N–H and O–H groups in total. The van der Waals surface area contributed by atoms with Crippen molar-refractivity contribution < 1.29 is 9.53 Å². The Bertz CT molecular complexity index is 665. The van der Waals surface area contributed by atoms with Crippen molar-refractivity contribution in [1.82, 2.24) is 10.2 Å². The molecule has 2 heterocycles. The third kappa shape index (κ3) is 5.39. The van der Waals surface area contributed by atoms with Gasteiger partial charge in [-0.15, -0.1) is 11.3 Å². The van der Waals surface area contributed by atoms with E-state index in [1.54, 1.807) is 11.3 Å². The Morgan fingerprint density at radius 1 is 1.28 bits per heavy atom. The Kier molecular flexibility index (Phi) is 6.62. The van der Waals surface area contributed by atoms with Crippen LogP contribution in [0.1, 0.15) is 28.8 Å². The van der Waals surface area contributed by atoms with E-state index in [0.29, 0.717) is 19.6 Å². The van der Waals surface area contributed by atoms with Crippen molar-refractivity contribution in [2.45, 2.75) is 39.0 Å². The average molecular weight is 359 g/mol. The fourth-order valence-corrected chi connectivity index (χ4v) is 3.95. The zero-order valence-electron chi connectivity index (χ0n) is 14.7. The summed E-state index contributed by atoms with van der Waals surface area (Å²) in [5, 5.41) is 5.36. The molecule has 1 aromatic carbocycles. The molecule has 4 nitrogen and oxygen atoms in total. The molecular weight excluding hydrogens is 332 g/mol. The first kappa shape index (κ1) is 18.1. The van der Waals surface area contributed by atoms with E-state index >= 15 is 0 Å². The highest BCUT2D eigenvalue weighted by Gasteiger charge is 2.18. The molecule has 0 saturated carbocycles. The van der Waals surface area contributed by atoms with Crippen LogP contribution in [-0.2, 0) is 22.6 Å². The molecular formula is C20H26N2O2S. The molecule has 0 spiro atoms. The summed E-state index contributed by atoms with van der Waals surface area (Å²) in [6.07, 6.45) is 2.47. The van der Waals surface area contributed by atoms with Crippen LogP contribution in [-0.4, -0.2) is 36.6 Å². The number of aryl methyl sites for hydroxylation is 1. The Balaban J connectivity index is 1.60. The molecule has 1 atom stereocenters. The van der Waals surface area contributed by atoms with Crippen LogP contribution in [0.2, 0.25) is 0 Å². The smallest absolute Gasteiger partial charge is 0.237 e. The summed E-state index contributed by atoms with van der Waals surface area (Å²) in [4.78, 5) is 16.0. The van der Waals surface area contributed by atoms with Crippen LogP contribution in [0.15, 0.2) is 41.8 Å². The standard InChI is InChI=1S/C20H26N2O2S/c1-16-9-11-25-19(16)15-22(14-17-6-3-2-4-7-17)20(23)13-21-12-18-8-5-10-24-18/h2-4,6-7,9,11,18,21H,5,8,10,12-15H2,1H3. The van der Waals surface area contributed by atoms with Gasteiger partial charge in [0.25, 0.3) is 0 Å². The average Bonchev–Trinajstić information content (AvgIpc) is 3.27. The van der Waals surface area contributed by atoms with Crippen LogP contribution in [0.3, 0.4) is 0 Å². The third-order valence-electron chi connectivity index (χ3n) is 4.54. The van der Waals surface area contributed by atoms with E-state index in [1.807, 2.05) is 23.1 Å². The lowest BCUT2D eigenvalue weighted by molar-refractivity contribution is -0.131. The number of carbonyl (C=O) groups is 1. The molecule has 1 amide bonds. The third-order valence-corrected chi connectivity index (χ3v) is 5.55. The van der Waals surface area contributed by atoms with Crippen LogP contribution in [0.25, 0.3) is 0 Å². The van der Waals surface area contributed by atoms with Crippen LogP contribution < -0.4 is 5.32 Å². The number of nitrogens with one attached hydrogen (secondary N) is 1. The number of carbonyl (C=O) groups excluding carboxylic acids is 1. The van der Waals surface area contributed by atoms with Gasteiger partial charge in [-0.1, -0.05) is 30.3 Å². The molecule has 1 aliphatic heterocycles. The first-order chi connectivity index (χ1) is 12.2. The van der Waals surface area contributed by atoms with Crippen molar-refractivity contribution in [2.24, 2.45) is 0 Å². The number of ether oxygens (including phenoxy) is 1. The second-order valence-electron chi connectivity index (χ2n) is 6.53. The zero-order chi connectivity index (χ0) is 17.5. The fraction of sp³-hybridized carbons (Fsp3) is 0.450. The molecule has 3 rings (SSSR count). The number of nitrogens with zero attached hydrogens (tertiary/aromatic N) is 1. The fourth-order valence-electron chi connectivity index (χ4n) is 3.03. The second-order valence-corrected chi connectivity index (χ2v) is 7.53. The summed E-state index contributed by atoms with van der Waals surface area (Å²) in [5.74, 6) is 0.134. The highest BCUT2D eigenvalue weighted by molar-refractivity contribution is 7.10. The monoisotopic (exact) mass is 358 g/mol. The molecule has 0 bridgehead atoms. The van der Waals surface area contributed by atoms with Crippen molar-refractivity contribution in [1.29, 1.82) is 0 Å². The van der Waals surface area contributed by atoms with E-state index in [-0.39, 0.29) is 12.0 Å². The summed E-state index contributed by atoms with van der Waals surface area (Å²) < 4.78 is 5.61. The van der Waals surface area contributed by atoms with Crippen molar-refractivity contribution in [3.8, 4) is 0 Å². The lowest BCUT2D eigenvalue weighted by Gasteiger charge is -2.23. The summed E-state index contributed by atoms with van der Waals surface area (Å²) in [6.45, 7) is 5.36. The minimum absolute atomic E-state index is 0.134. The van der Waals surface area contributed by atoms with Crippen LogP contribution >= 0.6 is 11.3 Å². The van der Waals surface area contributed by atoms with Gasteiger partial charge in [0.1, 0.15) is 0 Å². The summed E-state index contributed by atoms with van der Waals surface area (Å²) in [7, 11) is 0. The van der Waals surface area contributed by atoms with Gasteiger partial charge in [-0.05, 0) is 42.3 Å². The molecule has 25 heavy (non-hydrogen) atoms. The normalized spacial score (nSPS) is 16.9. The van der Waals surface area contributed by atoms with E-state index in [2.05, 4.69) is 35.8 Å². The van der Waals surface area contributed by atoms with Gasteiger partial charge < -0.3 is 15.0 Å². The highest BCUT2D eigenvalue weighted by Crippen LogP contribution is 2.19. The van der Waals surface area contributed by atoms with E-state index in [9.17, 15) is 4.79 Å². The second kappa shape index (κ2) is 9.13. The molecule has 1 unspecified atom stereocenters. The van der Waals surface area contributed by atoms with E-state index in [1.165, 1.54) is 10.4 Å². The first-order valence-corrected chi connectivity index (χ1v) is 9.77. The van der Waals surface area contributed by atoms with Gasteiger partial charge in [-0.25, -0.2) is 0 Å². The SMILES string of the molecule is Cc1ccsc1CN(Cc1ccccc1)C(=O)CNCC1CCCO1. The quantitative estimate of drug-likeness (QED) is 0.787. The van der Waals surface area contributed by atoms with Gasteiger partial charge in [-0.3, -0.25) is 4.79 Å². The number of rotatable bonds is 8. The molecule has 0 aliphatic carbocycles. The highest BCUT2D eigenvalue weighted by atomic mass is 32.1. The van der Waals surface area contributed by atoms with E-state index in [4.69, 9.17) is 4.74 Å². The molecule has 2 aromatic rings. The topological polar surface area (TPSA) is 41.6 Å². The number of hydrogen-bond acceptors (Lipinski definition) is 4. The minimum atomic E-state index is 0.134. The molecule has 1 aliphatic rings. The predicted octanol–water partition coefficient (Wildman–Crippen LogP) is 3.35. The zero-order valence-corrected chi connectivity index (χ0v) is 15.6. The summed E-state index contributed by atoms with van der Waals surface area (Å²) in [5.41, 5.74) is 2.41. The van der Waals surface area contributed by atoms with E-state index in [0.717, 1.165) is 31.6 Å². The number of hydrogen-bond donors (Lipinski definition) is 1. The Morgan fingerprint density at radius 2 is 2.12 bits per heavy atom. The molecule has 1 aromatic heterocycles. The molecule has 1 fully saturated rings. The van der Waals surface area contributed by atoms with Crippen molar-refractivity contribution in [3.05, 3.63) is 57.8 Å².